The number of nitrogens with one attached hydrogen (secondary N) is 2. The van der Waals surface area contributed by atoms with Crippen LogP contribution in [0.1, 0.15) is 31.2 Å². The largest absolute Gasteiger partial charge is 0.0213 e. The molecule has 1 aliphatic rings. The standard InChI is InChI=1S/C23H25AsClFN4/c24-16-7-9-18(10-8-16)29-23-12-19(20(25)14-28-23)21-5-2-6-22(30-21)27-13-15-3-1-4-17(26)11-15/h1-6,11-12,14,16,18H,7-10,13,24H2,(H,27,30)(H,28,29)/t16-,18-. The Labute approximate surface area is 190 Å². The van der Waals surface area contributed by atoms with Gasteiger partial charge in [0.1, 0.15) is 5.82 Å². The molecule has 1 aliphatic carbocycles. The molecule has 2 N–H and O–H groups in total. The van der Waals surface area contributed by atoms with E-state index >= 15 is 0 Å². The van der Waals surface area contributed by atoms with Crippen molar-refractivity contribution in [3.05, 3.63) is 71.1 Å². The zero-order chi connectivity index (χ0) is 20.9. The Morgan fingerprint density at radius 1 is 1.03 bits per heavy atom. The van der Waals surface area contributed by atoms with E-state index in [1.165, 1.54) is 37.8 Å². The topological polar surface area (TPSA) is 49.8 Å². The molecule has 2 heterocycles. The first-order chi connectivity index (χ1) is 14.6. The molecule has 1 fully saturated rings. The Morgan fingerprint density at radius 2 is 1.83 bits per heavy atom. The number of aromatic nitrogens is 2. The first-order valence-corrected chi connectivity index (χ1v) is 12.0. The summed E-state index contributed by atoms with van der Waals surface area (Å²) in [5.74, 6) is 1.30. The maximum absolute atomic E-state index is 13.4. The van der Waals surface area contributed by atoms with Crippen molar-refractivity contribution in [2.75, 3.05) is 10.6 Å². The fourth-order valence-electron chi connectivity index (χ4n) is 3.71. The molecule has 1 aromatic carbocycles. The molecule has 156 valence electrons. The summed E-state index contributed by atoms with van der Waals surface area (Å²) in [4.78, 5) is 9.16. The molecule has 2 aromatic heterocycles. The molecule has 3 aromatic rings. The van der Waals surface area contributed by atoms with E-state index in [0.29, 0.717) is 23.4 Å². The molecule has 1 unspecified atom stereocenters. The second-order valence-electron chi connectivity index (χ2n) is 7.70. The van der Waals surface area contributed by atoms with E-state index in [4.69, 9.17) is 16.6 Å². The first kappa shape index (κ1) is 21.1. The number of hydrogen-bond acceptors (Lipinski definition) is 4. The Hall–Kier alpha value is -2.10. The SMILES string of the molecule is Fc1cccc(CNc2cccc(-c3cc(N[C@H]4CC[C@H]([AsH2])CC4)ncc3Cl)n2)c1. The van der Waals surface area contributed by atoms with Gasteiger partial charge in [-0.2, -0.15) is 0 Å². The normalized spacial score (nSPS) is 18.8. The van der Waals surface area contributed by atoms with Gasteiger partial charge in [0.2, 0.25) is 0 Å². The quantitative estimate of drug-likeness (QED) is 0.463. The molecule has 0 bridgehead atoms. The minimum atomic E-state index is -0.243. The molecule has 0 aliphatic heterocycles. The van der Waals surface area contributed by atoms with Crippen LogP contribution in [-0.4, -0.2) is 32.9 Å². The fourth-order valence-corrected chi connectivity index (χ4v) is 4.72. The van der Waals surface area contributed by atoms with Gasteiger partial charge in [-0.1, -0.05) is 12.1 Å². The second-order valence-corrected chi connectivity index (χ2v) is 10.1. The van der Waals surface area contributed by atoms with Crippen LogP contribution < -0.4 is 10.6 Å². The van der Waals surface area contributed by atoms with Crippen LogP contribution in [0.25, 0.3) is 11.3 Å². The van der Waals surface area contributed by atoms with Crippen molar-refractivity contribution < 1.29 is 4.39 Å². The van der Waals surface area contributed by atoms with E-state index in [1.807, 2.05) is 47.2 Å². The van der Waals surface area contributed by atoms with Crippen molar-refractivity contribution in [1.82, 2.24) is 9.97 Å². The Balaban J connectivity index is 1.48. The van der Waals surface area contributed by atoms with Crippen molar-refractivity contribution in [1.29, 1.82) is 0 Å². The van der Waals surface area contributed by atoms with Crippen LogP contribution in [0.15, 0.2) is 54.7 Å². The van der Waals surface area contributed by atoms with Gasteiger partial charge in [-0.3, -0.25) is 0 Å². The van der Waals surface area contributed by atoms with E-state index in [1.54, 1.807) is 12.3 Å². The summed E-state index contributed by atoms with van der Waals surface area (Å²) in [5, 5.41) is 7.38. The molecule has 4 nitrogen and oxygen atoms in total. The molecule has 0 spiro atoms. The van der Waals surface area contributed by atoms with Crippen LogP contribution >= 0.6 is 11.6 Å². The molecule has 0 radical (unpaired) electrons. The maximum atomic E-state index is 13.4. The van der Waals surface area contributed by atoms with Gasteiger partial charge in [0, 0.05) is 6.54 Å². The Bertz CT molecular complexity index is 1010. The summed E-state index contributed by atoms with van der Waals surface area (Å²) >= 11 is 8.30. The van der Waals surface area contributed by atoms with Gasteiger partial charge < -0.3 is 0 Å². The molecule has 7 heteroatoms. The monoisotopic (exact) mass is 486 g/mol. The first-order valence-electron chi connectivity index (χ1n) is 10.2. The van der Waals surface area contributed by atoms with E-state index in [2.05, 4.69) is 15.6 Å². The van der Waals surface area contributed by atoms with Gasteiger partial charge in [-0.05, 0) is 17.7 Å². The van der Waals surface area contributed by atoms with Crippen LogP contribution in [-0.2, 0) is 6.54 Å². The second kappa shape index (κ2) is 9.80. The van der Waals surface area contributed by atoms with Crippen LogP contribution in [0.4, 0.5) is 16.0 Å². The van der Waals surface area contributed by atoms with Crippen molar-refractivity contribution in [2.24, 2.45) is 0 Å². The molecule has 30 heavy (non-hydrogen) atoms. The van der Waals surface area contributed by atoms with Gasteiger partial charge in [0.05, 0.1) is 0 Å². The zero-order valence-corrected chi connectivity index (χ0v) is 19.8. The van der Waals surface area contributed by atoms with Crippen LogP contribution in [0.5, 0.6) is 0 Å². The summed E-state index contributed by atoms with van der Waals surface area (Å²) in [5.41, 5.74) is 2.48. The van der Waals surface area contributed by atoms with Gasteiger partial charge in [0.15, 0.2) is 0 Å². The number of anilines is 2. The van der Waals surface area contributed by atoms with E-state index in [-0.39, 0.29) is 5.82 Å². The van der Waals surface area contributed by atoms with Crippen molar-refractivity contribution in [3.63, 3.8) is 0 Å². The molecule has 4 rings (SSSR count). The van der Waals surface area contributed by atoms with Crippen LogP contribution in [0, 0.1) is 5.82 Å². The predicted octanol–water partition coefficient (Wildman–Crippen LogP) is 5.32. The third-order valence-electron chi connectivity index (χ3n) is 5.37. The average molecular weight is 487 g/mol. The average Bonchev–Trinajstić information content (AvgIpc) is 2.75. The summed E-state index contributed by atoms with van der Waals surface area (Å²) in [7, 11) is 0. The van der Waals surface area contributed by atoms with E-state index in [0.717, 1.165) is 27.3 Å². The fraction of sp³-hybridized carbons (Fsp3) is 0.304. The number of rotatable bonds is 6. The molecule has 0 amide bonds. The summed E-state index contributed by atoms with van der Waals surface area (Å²) < 4.78 is 14.3. The Morgan fingerprint density at radius 3 is 2.63 bits per heavy atom. The van der Waals surface area contributed by atoms with E-state index in [9.17, 15) is 4.39 Å². The van der Waals surface area contributed by atoms with Gasteiger partial charge in [-0.25, -0.2) is 4.39 Å². The summed E-state index contributed by atoms with van der Waals surface area (Å²) in [6, 6.07) is 14.7. The molecular weight excluding hydrogens is 462 g/mol. The van der Waals surface area contributed by atoms with Crippen molar-refractivity contribution in [3.8, 4) is 11.3 Å². The van der Waals surface area contributed by atoms with Gasteiger partial charge in [0.25, 0.3) is 0 Å². The van der Waals surface area contributed by atoms with Crippen molar-refractivity contribution >= 4 is 40.1 Å². The number of benzene rings is 1. The number of nitrogens with zero attached hydrogens (tertiary/aromatic N) is 2. The van der Waals surface area contributed by atoms with Crippen LogP contribution in [0.3, 0.4) is 0 Å². The third-order valence-corrected chi connectivity index (χ3v) is 7.07. The summed E-state index contributed by atoms with van der Waals surface area (Å²) in [6.45, 7) is 0.493. The molecule has 1 atom stereocenters. The van der Waals surface area contributed by atoms with Crippen LogP contribution in [0.2, 0.25) is 9.73 Å². The smallest absolute Gasteiger partial charge is 0.0213 e. The molecule has 0 saturated heterocycles. The molecule has 1 saturated carbocycles. The third kappa shape index (κ3) is 5.53. The number of halogens is 2. The number of hydrogen-bond donors (Lipinski definition) is 2. The van der Waals surface area contributed by atoms with Crippen molar-refractivity contribution in [2.45, 2.75) is 43.0 Å². The minimum Gasteiger partial charge on any atom is -0.0213 e. The Kier molecular flexibility index (Phi) is 6.91. The maximum Gasteiger partial charge on any atom is -0.0213 e. The zero-order valence-electron chi connectivity index (χ0n) is 16.6. The van der Waals surface area contributed by atoms with Gasteiger partial charge >= 0.3 is 144 Å². The number of pyridine rings is 2. The van der Waals surface area contributed by atoms with E-state index < -0.39 is 0 Å². The molecular formula is C23H25AsClFN4. The summed E-state index contributed by atoms with van der Waals surface area (Å²) in [6.07, 6.45) is 6.60. The predicted molar refractivity (Wildman–Crippen MR) is 124 cm³/mol. The minimum absolute atomic E-state index is 0.243. The van der Waals surface area contributed by atoms with Gasteiger partial charge in [-0.15, -0.1) is 0 Å².